The molecule has 2 aliphatic heterocycles. The lowest BCUT2D eigenvalue weighted by molar-refractivity contribution is -0.173. The van der Waals surface area contributed by atoms with E-state index < -0.39 is 47.7 Å². The SMILES string of the molecule is CC(C)(O)C1CCOC(C(F)(F)CN2CCNC(=O)c3oc4ccc(C(F)(F)F)cc4c32)C1. The molecular weight excluding hydrogens is 451 g/mol. The predicted molar refractivity (Wildman–Crippen MR) is 109 cm³/mol. The topological polar surface area (TPSA) is 74.9 Å². The van der Waals surface area contributed by atoms with Crippen molar-refractivity contribution in [2.24, 2.45) is 5.92 Å². The molecule has 0 bridgehead atoms. The van der Waals surface area contributed by atoms with E-state index in [0.29, 0.717) is 6.42 Å². The minimum Gasteiger partial charge on any atom is -0.449 e. The largest absolute Gasteiger partial charge is 0.449 e. The molecule has 0 aliphatic carbocycles. The second kappa shape index (κ2) is 8.12. The van der Waals surface area contributed by atoms with E-state index in [2.05, 4.69) is 5.32 Å². The highest BCUT2D eigenvalue weighted by atomic mass is 19.4. The van der Waals surface area contributed by atoms with Gasteiger partial charge in [0.15, 0.2) is 0 Å². The van der Waals surface area contributed by atoms with E-state index in [1.165, 1.54) is 4.90 Å². The summed E-state index contributed by atoms with van der Waals surface area (Å²) < 4.78 is 81.4. The summed E-state index contributed by atoms with van der Waals surface area (Å²) in [4.78, 5) is 13.6. The van der Waals surface area contributed by atoms with Gasteiger partial charge in [-0.3, -0.25) is 4.79 Å². The Balaban J connectivity index is 1.70. The number of carbonyl (C=O) groups excluding carboxylic acids is 1. The third-order valence-corrected chi connectivity index (χ3v) is 6.33. The number of alkyl halides is 5. The number of benzene rings is 1. The summed E-state index contributed by atoms with van der Waals surface area (Å²) in [5.74, 6) is -4.79. The Bertz CT molecular complexity index is 1040. The van der Waals surface area contributed by atoms with Crippen molar-refractivity contribution in [3.05, 3.63) is 29.5 Å². The molecule has 2 atom stereocenters. The summed E-state index contributed by atoms with van der Waals surface area (Å²) in [6, 6.07) is 2.70. The van der Waals surface area contributed by atoms with E-state index in [9.17, 15) is 23.1 Å². The minimum absolute atomic E-state index is 0.00521. The van der Waals surface area contributed by atoms with Crippen molar-refractivity contribution in [1.29, 1.82) is 0 Å². The number of halogens is 5. The zero-order valence-electron chi connectivity index (χ0n) is 18.1. The minimum atomic E-state index is -4.65. The van der Waals surface area contributed by atoms with E-state index >= 15 is 8.78 Å². The van der Waals surface area contributed by atoms with Gasteiger partial charge in [0.05, 0.1) is 23.4 Å². The van der Waals surface area contributed by atoms with E-state index in [-0.39, 0.29) is 48.5 Å². The van der Waals surface area contributed by atoms with Crippen LogP contribution < -0.4 is 10.2 Å². The number of nitrogens with zero attached hydrogens (tertiary/aromatic N) is 1. The van der Waals surface area contributed by atoms with Crippen LogP contribution in [0.3, 0.4) is 0 Å². The number of hydrogen-bond acceptors (Lipinski definition) is 5. The van der Waals surface area contributed by atoms with Crippen LogP contribution in [0.1, 0.15) is 42.8 Å². The van der Waals surface area contributed by atoms with Crippen LogP contribution in [0.15, 0.2) is 22.6 Å². The number of rotatable bonds is 4. The molecular formula is C22H25F5N2O4. The van der Waals surface area contributed by atoms with Crippen LogP contribution in [0.5, 0.6) is 0 Å². The molecule has 11 heteroatoms. The van der Waals surface area contributed by atoms with Gasteiger partial charge < -0.3 is 24.5 Å². The summed E-state index contributed by atoms with van der Waals surface area (Å²) >= 11 is 0. The van der Waals surface area contributed by atoms with Gasteiger partial charge in [-0.05, 0) is 50.8 Å². The fourth-order valence-electron chi connectivity index (χ4n) is 4.47. The zero-order valence-corrected chi connectivity index (χ0v) is 18.1. The molecule has 3 heterocycles. The van der Waals surface area contributed by atoms with Crippen molar-refractivity contribution in [3.8, 4) is 0 Å². The van der Waals surface area contributed by atoms with E-state index in [1.807, 2.05) is 0 Å². The average molecular weight is 476 g/mol. The molecule has 33 heavy (non-hydrogen) atoms. The molecule has 0 saturated carbocycles. The molecule has 1 fully saturated rings. The second-order valence-electron chi connectivity index (χ2n) is 9.16. The first-order valence-electron chi connectivity index (χ1n) is 10.7. The van der Waals surface area contributed by atoms with Crippen LogP contribution in [-0.2, 0) is 10.9 Å². The highest BCUT2D eigenvalue weighted by Gasteiger charge is 2.48. The third-order valence-electron chi connectivity index (χ3n) is 6.33. The number of anilines is 1. The maximum absolute atomic E-state index is 15.4. The van der Waals surface area contributed by atoms with Gasteiger partial charge in [-0.1, -0.05) is 0 Å². The standard InChI is InChI=1S/C22H25F5N2O4/c1-20(2,31)12-5-8-32-16(10-12)21(23,24)11-29-7-6-28-19(30)18-17(29)14-9-13(22(25,26)27)3-4-15(14)33-18/h3-4,9,12,16,31H,5-8,10-11H2,1-2H3,(H,28,30). The van der Waals surface area contributed by atoms with Crippen molar-refractivity contribution < 1.29 is 41.0 Å². The maximum atomic E-state index is 15.4. The fraction of sp³-hybridized carbons (Fsp3) is 0.591. The van der Waals surface area contributed by atoms with Gasteiger partial charge in [-0.15, -0.1) is 0 Å². The van der Waals surface area contributed by atoms with Crippen molar-refractivity contribution in [2.75, 3.05) is 31.1 Å². The molecule has 2 unspecified atom stereocenters. The summed E-state index contributed by atoms with van der Waals surface area (Å²) in [5.41, 5.74) is -2.23. The highest BCUT2D eigenvalue weighted by molar-refractivity contribution is 6.07. The Morgan fingerprint density at radius 3 is 2.61 bits per heavy atom. The quantitative estimate of drug-likeness (QED) is 0.647. The van der Waals surface area contributed by atoms with Crippen LogP contribution in [0.2, 0.25) is 0 Å². The van der Waals surface area contributed by atoms with Gasteiger partial charge in [0.2, 0.25) is 5.76 Å². The van der Waals surface area contributed by atoms with Crippen LogP contribution in [0.4, 0.5) is 27.6 Å². The average Bonchev–Trinajstić information content (AvgIpc) is 3.03. The van der Waals surface area contributed by atoms with Gasteiger partial charge in [0.25, 0.3) is 11.8 Å². The number of furan rings is 1. The van der Waals surface area contributed by atoms with E-state index in [4.69, 9.17) is 9.15 Å². The number of ether oxygens (including phenoxy) is 1. The lowest BCUT2D eigenvalue weighted by Crippen LogP contribution is -2.51. The molecule has 1 amide bonds. The molecule has 6 nitrogen and oxygen atoms in total. The van der Waals surface area contributed by atoms with Gasteiger partial charge in [0.1, 0.15) is 11.7 Å². The Hall–Kier alpha value is -2.40. The molecule has 0 spiro atoms. The summed E-state index contributed by atoms with van der Waals surface area (Å²) in [6.07, 6.45) is -5.77. The monoisotopic (exact) mass is 476 g/mol. The Morgan fingerprint density at radius 1 is 1.21 bits per heavy atom. The van der Waals surface area contributed by atoms with Crippen molar-refractivity contribution in [3.63, 3.8) is 0 Å². The molecule has 1 saturated heterocycles. The number of aliphatic hydroxyl groups is 1. The molecule has 182 valence electrons. The summed E-state index contributed by atoms with van der Waals surface area (Å²) in [7, 11) is 0. The lowest BCUT2D eigenvalue weighted by atomic mass is 9.81. The summed E-state index contributed by atoms with van der Waals surface area (Å²) in [6.45, 7) is 2.25. The van der Waals surface area contributed by atoms with Crippen molar-refractivity contribution >= 4 is 22.6 Å². The number of hydrogen-bond donors (Lipinski definition) is 2. The first-order chi connectivity index (χ1) is 15.3. The van der Waals surface area contributed by atoms with Crippen LogP contribution in [0.25, 0.3) is 11.0 Å². The molecule has 2 aliphatic rings. The van der Waals surface area contributed by atoms with Crippen LogP contribution in [0, 0.1) is 5.92 Å². The van der Waals surface area contributed by atoms with E-state index in [1.54, 1.807) is 13.8 Å². The van der Waals surface area contributed by atoms with Gasteiger partial charge in [-0.25, -0.2) is 8.78 Å². The normalized spacial score (nSPS) is 22.8. The van der Waals surface area contributed by atoms with E-state index in [0.717, 1.165) is 18.2 Å². The van der Waals surface area contributed by atoms with Crippen LogP contribution in [-0.4, -0.2) is 54.9 Å². The number of nitrogens with one attached hydrogen (secondary N) is 1. The molecule has 2 aromatic rings. The third kappa shape index (κ3) is 4.65. The first kappa shape index (κ1) is 23.7. The lowest BCUT2D eigenvalue weighted by Gasteiger charge is -2.40. The number of amides is 1. The second-order valence-corrected chi connectivity index (χ2v) is 9.16. The maximum Gasteiger partial charge on any atom is 0.416 e. The van der Waals surface area contributed by atoms with Gasteiger partial charge >= 0.3 is 6.18 Å². The molecule has 1 aromatic heterocycles. The molecule has 2 N–H and O–H groups in total. The van der Waals surface area contributed by atoms with Gasteiger partial charge in [-0.2, -0.15) is 13.2 Å². The Morgan fingerprint density at radius 2 is 1.94 bits per heavy atom. The molecule has 1 aromatic carbocycles. The zero-order chi connectivity index (χ0) is 24.2. The number of fused-ring (bicyclic) bond motifs is 3. The van der Waals surface area contributed by atoms with Crippen molar-refractivity contribution in [2.45, 2.75) is 50.5 Å². The smallest absolute Gasteiger partial charge is 0.416 e. The Labute approximate surface area is 186 Å². The number of carbonyl (C=O) groups is 1. The predicted octanol–water partition coefficient (Wildman–Crippen LogP) is 4.20. The fourth-order valence-corrected chi connectivity index (χ4v) is 4.47. The van der Waals surface area contributed by atoms with Crippen molar-refractivity contribution in [1.82, 2.24) is 5.32 Å². The molecule has 0 radical (unpaired) electrons. The highest BCUT2D eigenvalue weighted by Crippen LogP contribution is 2.42. The first-order valence-corrected chi connectivity index (χ1v) is 10.7. The van der Waals surface area contributed by atoms with Gasteiger partial charge in [0, 0.05) is 25.1 Å². The Kier molecular flexibility index (Phi) is 5.84. The van der Waals surface area contributed by atoms with Crippen LogP contribution >= 0.6 is 0 Å². The summed E-state index contributed by atoms with van der Waals surface area (Å²) in [5, 5.41) is 12.7. The molecule has 4 rings (SSSR count).